The molecule has 20 heteroatoms. The van der Waals surface area contributed by atoms with Gasteiger partial charge in [0.1, 0.15) is 11.2 Å². The molecular formula is C40H76Cl4N3O10Y3-3. The molecule has 0 fully saturated rings. The van der Waals surface area contributed by atoms with E-state index in [9.17, 15) is 28.8 Å². The number of carbonyl (C=O) groups is 6. The van der Waals surface area contributed by atoms with Crippen LogP contribution in [0.4, 0.5) is 0 Å². The number of unbranched alkanes of at least 4 members (excludes halogenated alkanes) is 6. The Kier molecular flexibility index (Phi) is 83.7. The van der Waals surface area contributed by atoms with Crippen LogP contribution >= 0.6 is 46.4 Å². The third-order valence-corrected chi connectivity index (χ3v) is 5.81. The van der Waals surface area contributed by atoms with Gasteiger partial charge in [-0.2, -0.15) is 19.3 Å². The zero-order chi connectivity index (χ0) is 45.6. The van der Waals surface area contributed by atoms with Crippen molar-refractivity contribution in [3.8, 4) is 0 Å². The molecule has 351 valence electrons. The van der Waals surface area contributed by atoms with Crippen LogP contribution < -0.4 is 16.4 Å². The van der Waals surface area contributed by atoms with Crippen LogP contribution in [0.25, 0.3) is 0 Å². The fourth-order valence-corrected chi connectivity index (χ4v) is 3.64. The van der Waals surface area contributed by atoms with Crippen molar-refractivity contribution >= 4 is 82.1 Å². The molecule has 6 N–H and O–H groups in total. The molecule has 2 amide bonds. The van der Waals surface area contributed by atoms with Crippen LogP contribution in [0.1, 0.15) is 159 Å². The number of ether oxygens (including phenoxy) is 2. The second-order valence-electron chi connectivity index (χ2n) is 13.7. The predicted molar refractivity (Wildman–Crippen MR) is 234 cm³/mol. The molecular weight excluding hydrogens is 1090 g/mol. The molecule has 0 aromatic carbocycles. The minimum absolute atomic E-state index is 0. The second-order valence-corrected chi connectivity index (χ2v) is 15.4. The topological polar surface area (TPSA) is 211 Å². The number of halogens is 4. The van der Waals surface area contributed by atoms with Crippen molar-refractivity contribution in [1.82, 2.24) is 10.6 Å². The van der Waals surface area contributed by atoms with E-state index in [1.54, 1.807) is 19.8 Å². The number of esters is 2. The standard InChI is InChI=1S/C14H26NO3.C10H18NO3.C10H21NO2.C4H7O2.2CH2Cl2.3Y/c1-5-9-12(16)15-11-8-6-7-10-13(17)18-14(2,3)4;1-2-6-9(12)11-8-5-3-4-7-10(13)14;1-10(2,3)13-9(12)7-5-4-6-8-11;1-2-3-4(5)6;2*2-1-3;;;/h9H,5-8,10-11H2,1-4H3,(H,15,16);6H,2-5,7-8H2,1H3,(H,11,12)(H,13,14);4-8,11H2,1-3H3;3H,2H2,1H3,(H,5,6);2*1H2;;;/q2*-1;;-1;;;;;. The summed E-state index contributed by atoms with van der Waals surface area (Å²) in [6.45, 7) is 18.9. The number of carbonyl (C=O) groups excluding carboxylic acids is 4. The maximum Gasteiger partial charge on any atom is 0.306 e. The smallest absolute Gasteiger partial charge is 0.306 e. The molecule has 0 aliphatic rings. The first-order chi connectivity index (χ1) is 26.6. The molecule has 0 heterocycles. The van der Waals surface area contributed by atoms with E-state index in [-0.39, 0.29) is 145 Å². The van der Waals surface area contributed by atoms with Crippen molar-refractivity contribution in [3.05, 3.63) is 19.3 Å². The molecule has 0 aromatic heterocycles. The Bertz CT molecular complexity index is 980. The number of hydrogen-bond acceptors (Lipinski definition) is 9. The van der Waals surface area contributed by atoms with E-state index < -0.39 is 17.5 Å². The molecule has 0 aliphatic carbocycles. The quantitative estimate of drug-likeness (QED) is 0.0282. The van der Waals surface area contributed by atoms with Crippen molar-refractivity contribution < 1.29 is 147 Å². The van der Waals surface area contributed by atoms with Gasteiger partial charge < -0.3 is 58.5 Å². The van der Waals surface area contributed by atoms with Gasteiger partial charge in [0.15, 0.2) is 5.97 Å². The predicted octanol–water partition coefficient (Wildman–Crippen LogP) is 9.35. The number of alkyl halides is 4. The fourth-order valence-electron chi connectivity index (χ4n) is 3.64. The maximum atomic E-state index is 11.4. The molecule has 0 unspecified atom stereocenters. The zero-order valence-electron chi connectivity index (χ0n) is 37.9. The Morgan fingerprint density at radius 1 is 0.533 bits per heavy atom. The Labute approximate surface area is 459 Å². The van der Waals surface area contributed by atoms with E-state index in [1.807, 2.05) is 55.4 Å². The van der Waals surface area contributed by atoms with Gasteiger partial charge >= 0.3 is 17.9 Å². The molecule has 0 spiro atoms. The number of aliphatic carboxylic acids is 2. The summed E-state index contributed by atoms with van der Waals surface area (Å²) >= 11 is 19.1. The van der Waals surface area contributed by atoms with Crippen molar-refractivity contribution in [2.24, 2.45) is 5.73 Å². The molecule has 13 nitrogen and oxygen atoms in total. The van der Waals surface area contributed by atoms with Gasteiger partial charge in [0.25, 0.3) is 0 Å². The number of rotatable bonds is 23. The maximum absolute atomic E-state index is 11.4. The van der Waals surface area contributed by atoms with E-state index in [2.05, 4.69) is 10.6 Å². The summed E-state index contributed by atoms with van der Waals surface area (Å²) in [7, 11) is 0. The van der Waals surface area contributed by atoms with Gasteiger partial charge in [-0.1, -0.05) is 40.0 Å². The number of carboxylic acid groups (broad SMARTS) is 2. The molecule has 0 bridgehead atoms. The SMILES string of the molecule is CC(C)(C)OC(=O)CCCCCN.CC[CH-]C(=O)NCCCCCC(=O)O.CC[CH-]C(=O)NCCCCCC(=O)OC(C)(C)C.CC[CH-]C(=O)O.ClCCl.ClCCl.[Y].[Y].[Y]. The number of amides is 2. The number of carboxylic acids is 2. The van der Waals surface area contributed by atoms with Gasteiger partial charge in [0, 0.05) is 130 Å². The summed E-state index contributed by atoms with van der Waals surface area (Å²) in [5.74, 6) is -1.89. The first kappa shape index (κ1) is 81.1. The van der Waals surface area contributed by atoms with Gasteiger partial charge in [-0.25, -0.2) is 0 Å². The third kappa shape index (κ3) is 102. The fraction of sp³-hybridized carbons (Fsp3) is 0.775. The van der Waals surface area contributed by atoms with Crippen LogP contribution in [-0.4, -0.2) is 87.4 Å². The molecule has 3 radical (unpaired) electrons. The number of hydrogen-bond donors (Lipinski definition) is 5. The van der Waals surface area contributed by atoms with Crippen LogP contribution in [0.15, 0.2) is 0 Å². The minimum Gasteiger partial charge on any atom is -0.503 e. The van der Waals surface area contributed by atoms with Crippen LogP contribution in [0.3, 0.4) is 0 Å². The van der Waals surface area contributed by atoms with E-state index in [0.29, 0.717) is 45.3 Å². The van der Waals surface area contributed by atoms with Crippen molar-refractivity contribution in [3.63, 3.8) is 0 Å². The Morgan fingerprint density at radius 2 is 0.833 bits per heavy atom. The summed E-state index contributed by atoms with van der Waals surface area (Å²) < 4.78 is 10.3. The molecule has 0 atom stereocenters. The second kappa shape index (κ2) is 61.9. The molecule has 0 saturated heterocycles. The van der Waals surface area contributed by atoms with Crippen LogP contribution in [-0.2, 0) is 136 Å². The largest absolute Gasteiger partial charge is 0.503 e. The monoisotopic (exact) mass is 1170 g/mol. The van der Waals surface area contributed by atoms with Gasteiger partial charge in [0.2, 0.25) is 0 Å². The van der Waals surface area contributed by atoms with E-state index in [4.69, 9.17) is 71.8 Å². The average molecular weight is 1170 g/mol. The summed E-state index contributed by atoms with van der Waals surface area (Å²) in [5.41, 5.74) is 4.57. The normalized spacial score (nSPS) is 9.30. The van der Waals surface area contributed by atoms with Crippen LogP contribution in [0.2, 0.25) is 0 Å². The summed E-state index contributed by atoms with van der Waals surface area (Å²) in [6.07, 6.45) is 15.6. The molecule has 0 aromatic rings. The zero-order valence-corrected chi connectivity index (χ0v) is 49.4. The summed E-state index contributed by atoms with van der Waals surface area (Å²) in [6, 6.07) is 0. The van der Waals surface area contributed by atoms with E-state index in [1.165, 1.54) is 6.42 Å². The number of nitrogens with two attached hydrogens (primary N) is 1. The summed E-state index contributed by atoms with van der Waals surface area (Å²) in [5, 5.41) is 22.1. The minimum atomic E-state index is -0.836. The van der Waals surface area contributed by atoms with E-state index >= 15 is 0 Å². The van der Waals surface area contributed by atoms with Crippen molar-refractivity contribution in [2.45, 2.75) is 170 Å². The van der Waals surface area contributed by atoms with Gasteiger partial charge in [-0.05, 0) is 86.6 Å². The van der Waals surface area contributed by atoms with Gasteiger partial charge in [0.05, 0.1) is 22.5 Å². The first-order valence-electron chi connectivity index (χ1n) is 19.4. The third-order valence-electron chi connectivity index (χ3n) is 5.81. The van der Waals surface area contributed by atoms with E-state index in [0.717, 1.165) is 64.2 Å². The molecule has 0 rings (SSSR count). The molecule has 0 aliphatic heterocycles. The Balaban J connectivity index is -0.0000000805. The van der Waals surface area contributed by atoms with Crippen LogP contribution in [0, 0.1) is 19.3 Å². The van der Waals surface area contributed by atoms with Gasteiger partial charge in [-0.3, -0.25) is 25.6 Å². The van der Waals surface area contributed by atoms with Crippen LogP contribution in [0.5, 0.6) is 0 Å². The summed E-state index contributed by atoms with van der Waals surface area (Å²) in [4.78, 5) is 64.3. The average Bonchev–Trinajstić information content (AvgIpc) is 3.06. The Morgan fingerprint density at radius 3 is 1.07 bits per heavy atom. The van der Waals surface area contributed by atoms with Gasteiger partial charge in [-0.15, -0.1) is 46.4 Å². The molecule has 60 heavy (non-hydrogen) atoms. The first-order valence-corrected chi connectivity index (χ1v) is 21.6. The Hall–Kier alpha value is 0.862. The molecule has 0 saturated carbocycles. The van der Waals surface area contributed by atoms with Crippen molar-refractivity contribution in [1.29, 1.82) is 0 Å². The number of nitrogens with one attached hydrogen (secondary N) is 2. The van der Waals surface area contributed by atoms with Crippen molar-refractivity contribution in [2.75, 3.05) is 30.3 Å².